The van der Waals surface area contributed by atoms with Gasteiger partial charge in [0.25, 0.3) is 5.91 Å². The highest BCUT2D eigenvalue weighted by Gasteiger charge is 2.51. The topological polar surface area (TPSA) is 68.3 Å². The Morgan fingerprint density at radius 2 is 1.89 bits per heavy atom. The number of piperidine rings is 1. The number of cyclic esters (lactones) is 1. The molecule has 5 rings (SSSR count). The maximum Gasteiger partial charge on any atom is 0.312 e. The molecule has 3 fully saturated rings. The summed E-state index contributed by atoms with van der Waals surface area (Å²) in [5, 5.41) is 1.84. The summed E-state index contributed by atoms with van der Waals surface area (Å²) < 4.78 is 16.9. The Kier molecular flexibility index (Phi) is 4.71. The zero-order valence-corrected chi connectivity index (χ0v) is 16.8. The van der Waals surface area contributed by atoms with Gasteiger partial charge in [0.2, 0.25) is 0 Å². The number of ether oxygens (including phenoxy) is 3. The van der Waals surface area contributed by atoms with Crippen molar-refractivity contribution in [2.75, 3.05) is 45.9 Å². The minimum Gasteiger partial charge on any atom is -0.485 e. The summed E-state index contributed by atoms with van der Waals surface area (Å²) in [4.78, 5) is 30.5. The van der Waals surface area contributed by atoms with E-state index in [1.807, 2.05) is 10.3 Å². The molecule has 3 saturated heterocycles. The highest BCUT2D eigenvalue weighted by atomic mass is 32.1. The van der Waals surface area contributed by atoms with E-state index in [4.69, 9.17) is 14.2 Å². The van der Waals surface area contributed by atoms with Crippen LogP contribution in [0.1, 0.15) is 41.8 Å². The van der Waals surface area contributed by atoms with Gasteiger partial charge in [0.1, 0.15) is 24.2 Å². The van der Waals surface area contributed by atoms with Crippen LogP contribution in [0, 0.1) is 5.41 Å². The monoisotopic (exact) mass is 406 g/mol. The van der Waals surface area contributed by atoms with Gasteiger partial charge in [-0.15, -0.1) is 11.3 Å². The molecule has 1 spiro atoms. The van der Waals surface area contributed by atoms with Gasteiger partial charge in [-0.1, -0.05) is 0 Å². The lowest BCUT2D eigenvalue weighted by Gasteiger charge is -2.36. The summed E-state index contributed by atoms with van der Waals surface area (Å²) in [5.74, 6) is 1.16. The maximum absolute atomic E-state index is 13.0. The van der Waals surface area contributed by atoms with Gasteiger partial charge in [0.05, 0.1) is 5.41 Å². The SMILES string of the molecule is O=C(c1scc2c1OCCO2)N1CCC2(CC1)CC(CN1CCCC1)OC2=O. The average molecular weight is 407 g/mol. The van der Waals surface area contributed by atoms with Crippen LogP contribution in [0.2, 0.25) is 0 Å². The molecule has 0 aromatic carbocycles. The molecule has 1 aromatic heterocycles. The summed E-state index contributed by atoms with van der Waals surface area (Å²) in [6.07, 6.45) is 4.63. The van der Waals surface area contributed by atoms with Gasteiger partial charge in [0, 0.05) is 31.4 Å². The lowest BCUT2D eigenvalue weighted by Crippen LogP contribution is -2.45. The largest absolute Gasteiger partial charge is 0.485 e. The Hall–Kier alpha value is -1.80. The van der Waals surface area contributed by atoms with Crippen molar-refractivity contribution in [3.63, 3.8) is 0 Å². The van der Waals surface area contributed by atoms with Crippen LogP contribution < -0.4 is 9.47 Å². The van der Waals surface area contributed by atoms with Crippen molar-refractivity contribution in [2.45, 2.75) is 38.2 Å². The fourth-order valence-electron chi connectivity index (χ4n) is 4.89. The summed E-state index contributed by atoms with van der Waals surface area (Å²) in [7, 11) is 0. The molecule has 1 unspecified atom stereocenters. The van der Waals surface area contributed by atoms with Gasteiger partial charge < -0.3 is 19.1 Å². The minimum absolute atomic E-state index is 0.00251. The number of thiophene rings is 1. The molecule has 0 bridgehead atoms. The van der Waals surface area contributed by atoms with Gasteiger partial charge in [-0.3, -0.25) is 14.5 Å². The third-order valence-corrected chi connectivity index (χ3v) is 7.42. The quantitative estimate of drug-likeness (QED) is 0.717. The van der Waals surface area contributed by atoms with Crippen molar-refractivity contribution in [3.05, 3.63) is 10.3 Å². The first-order valence-electron chi connectivity index (χ1n) is 10.2. The molecule has 4 aliphatic rings. The minimum atomic E-state index is -0.407. The Morgan fingerprint density at radius 3 is 2.68 bits per heavy atom. The van der Waals surface area contributed by atoms with Gasteiger partial charge >= 0.3 is 5.97 Å². The highest BCUT2D eigenvalue weighted by Crippen LogP contribution is 2.45. The van der Waals surface area contributed by atoms with Crippen molar-refractivity contribution >= 4 is 23.2 Å². The van der Waals surface area contributed by atoms with E-state index in [-0.39, 0.29) is 18.0 Å². The van der Waals surface area contributed by atoms with Crippen LogP contribution in [0.15, 0.2) is 5.38 Å². The average Bonchev–Trinajstić information content (AvgIpc) is 3.43. The lowest BCUT2D eigenvalue weighted by molar-refractivity contribution is -0.150. The van der Waals surface area contributed by atoms with Gasteiger partial charge in [-0.25, -0.2) is 0 Å². The lowest BCUT2D eigenvalue weighted by atomic mass is 9.76. The van der Waals surface area contributed by atoms with Crippen LogP contribution in [0.4, 0.5) is 0 Å². The van der Waals surface area contributed by atoms with E-state index < -0.39 is 5.41 Å². The number of likely N-dealkylation sites (tertiary alicyclic amines) is 2. The van der Waals surface area contributed by atoms with E-state index in [0.717, 1.165) is 26.1 Å². The van der Waals surface area contributed by atoms with E-state index in [1.54, 1.807) is 0 Å². The van der Waals surface area contributed by atoms with E-state index in [0.29, 0.717) is 55.5 Å². The second-order valence-electron chi connectivity index (χ2n) is 8.27. The Morgan fingerprint density at radius 1 is 1.14 bits per heavy atom. The van der Waals surface area contributed by atoms with Crippen molar-refractivity contribution in [1.82, 2.24) is 9.80 Å². The van der Waals surface area contributed by atoms with Crippen LogP contribution in [0.5, 0.6) is 11.5 Å². The first-order valence-corrected chi connectivity index (χ1v) is 11.1. The molecule has 28 heavy (non-hydrogen) atoms. The van der Waals surface area contributed by atoms with Crippen LogP contribution >= 0.6 is 11.3 Å². The Bertz CT molecular complexity index is 765. The number of fused-ring (bicyclic) bond motifs is 1. The molecule has 5 heterocycles. The predicted molar refractivity (Wildman–Crippen MR) is 103 cm³/mol. The molecule has 0 radical (unpaired) electrons. The summed E-state index contributed by atoms with van der Waals surface area (Å²) in [5.41, 5.74) is -0.407. The van der Waals surface area contributed by atoms with Crippen molar-refractivity contribution in [3.8, 4) is 11.5 Å². The summed E-state index contributed by atoms with van der Waals surface area (Å²) in [6.45, 7) is 5.23. The number of rotatable bonds is 3. The fraction of sp³-hybridized carbons (Fsp3) is 0.700. The number of amides is 1. The smallest absolute Gasteiger partial charge is 0.312 e. The molecule has 1 atom stereocenters. The van der Waals surface area contributed by atoms with Crippen molar-refractivity contribution in [2.24, 2.45) is 5.41 Å². The van der Waals surface area contributed by atoms with E-state index >= 15 is 0 Å². The highest BCUT2D eigenvalue weighted by molar-refractivity contribution is 7.12. The zero-order valence-electron chi connectivity index (χ0n) is 16.0. The van der Waals surface area contributed by atoms with Crippen LogP contribution in [0.25, 0.3) is 0 Å². The number of carbonyl (C=O) groups excluding carboxylic acids is 2. The molecule has 1 amide bonds. The third-order valence-electron chi connectivity index (χ3n) is 6.49. The van der Waals surface area contributed by atoms with Crippen LogP contribution in [-0.2, 0) is 9.53 Å². The second kappa shape index (κ2) is 7.22. The molecule has 8 heteroatoms. The van der Waals surface area contributed by atoms with Gasteiger partial charge in [-0.2, -0.15) is 0 Å². The Labute approximate surface area is 168 Å². The van der Waals surface area contributed by atoms with Crippen molar-refractivity contribution in [1.29, 1.82) is 0 Å². The number of carbonyl (C=O) groups is 2. The molecule has 0 N–H and O–H groups in total. The van der Waals surface area contributed by atoms with Crippen LogP contribution in [0.3, 0.4) is 0 Å². The van der Waals surface area contributed by atoms with Crippen LogP contribution in [-0.4, -0.2) is 73.7 Å². The molecule has 1 aromatic rings. The fourth-order valence-corrected chi connectivity index (χ4v) is 5.79. The molecule has 0 aliphatic carbocycles. The number of hydrogen-bond acceptors (Lipinski definition) is 7. The van der Waals surface area contributed by atoms with E-state index in [9.17, 15) is 9.59 Å². The molecular weight excluding hydrogens is 380 g/mol. The normalized spacial score (nSPS) is 26.6. The summed E-state index contributed by atoms with van der Waals surface area (Å²) in [6, 6.07) is 0. The van der Waals surface area contributed by atoms with Crippen molar-refractivity contribution < 1.29 is 23.8 Å². The zero-order chi connectivity index (χ0) is 19.1. The number of hydrogen-bond donors (Lipinski definition) is 0. The maximum atomic E-state index is 13.0. The first-order chi connectivity index (χ1) is 13.6. The number of nitrogens with zero attached hydrogens (tertiary/aromatic N) is 2. The second-order valence-corrected chi connectivity index (χ2v) is 9.15. The standard InChI is InChI=1S/C20H26N2O5S/c23-18(17-16-15(13-28-17)25-9-10-26-16)22-7-3-20(4-8-22)11-14(27-19(20)24)12-21-5-1-2-6-21/h13-14H,1-12H2. The number of esters is 1. The molecular formula is C20H26N2O5S. The van der Waals surface area contributed by atoms with E-state index in [2.05, 4.69) is 4.90 Å². The summed E-state index contributed by atoms with van der Waals surface area (Å²) >= 11 is 1.37. The van der Waals surface area contributed by atoms with Gasteiger partial charge in [0.15, 0.2) is 11.5 Å². The van der Waals surface area contributed by atoms with Gasteiger partial charge in [-0.05, 0) is 38.8 Å². The third kappa shape index (κ3) is 3.16. The predicted octanol–water partition coefficient (Wildman–Crippen LogP) is 2.15. The Balaban J connectivity index is 1.22. The molecule has 4 aliphatic heterocycles. The molecule has 152 valence electrons. The van der Waals surface area contributed by atoms with E-state index in [1.165, 1.54) is 24.2 Å². The molecule has 7 nitrogen and oxygen atoms in total. The molecule has 0 saturated carbocycles. The first kappa shape index (κ1) is 18.2.